The van der Waals surface area contributed by atoms with Crippen molar-refractivity contribution in [3.63, 3.8) is 0 Å². The molecule has 2 N–H and O–H groups in total. The van der Waals surface area contributed by atoms with Crippen molar-refractivity contribution in [2.45, 2.75) is 50.9 Å². The molecule has 0 spiro atoms. The van der Waals surface area contributed by atoms with Crippen LogP contribution in [0.15, 0.2) is 18.6 Å². The average molecular weight is 287 g/mol. The molecule has 3 unspecified atom stereocenters. The van der Waals surface area contributed by atoms with Gasteiger partial charge in [-0.05, 0) is 25.7 Å². The van der Waals surface area contributed by atoms with Crippen LogP contribution in [0.25, 0.3) is 5.65 Å². The average Bonchev–Trinajstić information content (AvgIpc) is 3.20. The van der Waals surface area contributed by atoms with E-state index in [0.29, 0.717) is 18.2 Å². The van der Waals surface area contributed by atoms with Crippen molar-refractivity contribution in [2.75, 3.05) is 17.2 Å². The van der Waals surface area contributed by atoms with Gasteiger partial charge in [0.2, 0.25) is 0 Å². The summed E-state index contributed by atoms with van der Waals surface area (Å²) in [4.78, 5) is 9.11. The van der Waals surface area contributed by atoms with E-state index in [4.69, 9.17) is 9.72 Å². The lowest BCUT2D eigenvalue weighted by Crippen LogP contribution is -2.31. The van der Waals surface area contributed by atoms with E-state index in [0.717, 1.165) is 43.1 Å². The topological polar surface area (TPSA) is 63.5 Å². The lowest BCUT2D eigenvalue weighted by Gasteiger charge is -2.21. The van der Waals surface area contributed by atoms with Crippen LogP contribution in [0, 0.1) is 0 Å². The molecule has 2 aliphatic heterocycles. The van der Waals surface area contributed by atoms with Gasteiger partial charge in [0, 0.05) is 18.9 Å². The fraction of sp³-hybridized carbons (Fsp3) is 0.600. The minimum atomic E-state index is 0.332. The van der Waals surface area contributed by atoms with Gasteiger partial charge in [-0.15, -0.1) is 0 Å². The molecule has 0 saturated carbocycles. The fourth-order valence-electron chi connectivity index (χ4n) is 3.33. The molecule has 6 heteroatoms. The van der Waals surface area contributed by atoms with E-state index in [2.05, 4.69) is 22.5 Å². The summed E-state index contributed by atoms with van der Waals surface area (Å²) >= 11 is 0. The van der Waals surface area contributed by atoms with Crippen LogP contribution in [-0.2, 0) is 4.74 Å². The predicted molar refractivity (Wildman–Crippen MR) is 81.7 cm³/mol. The van der Waals surface area contributed by atoms with Gasteiger partial charge in [-0.2, -0.15) is 0 Å². The molecular weight excluding hydrogens is 266 g/mol. The molecular formula is C15H21N5O. The Morgan fingerprint density at radius 2 is 2.38 bits per heavy atom. The highest BCUT2D eigenvalue weighted by molar-refractivity contribution is 5.66. The standard InChI is InChI=1S/C15H21N5O/c1-2-5-16-13-9-20-7-6-17-15(20)14(19-13)18-11-8-10-3-4-12(11)21-10/h6-7,9-12,16H,2-5,8H2,1H3,(H,18,19). The zero-order valence-electron chi connectivity index (χ0n) is 12.2. The van der Waals surface area contributed by atoms with Crippen molar-refractivity contribution in [1.29, 1.82) is 0 Å². The largest absolute Gasteiger partial charge is 0.373 e. The Labute approximate surface area is 123 Å². The monoisotopic (exact) mass is 287 g/mol. The van der Waals surface area contributed by atoms with E-state index in [1.807, 2.05) is 23.0 Å². The molecule has 2 aliphatic rings. The lowest BCUT2D eigenvalue weighted by molar-refractivity contribution is 0.102. The second kappa shape index (κ2) is 5.18. The van der Waals surface area contributed by atoms with Gasteiger partial charge >= 0.3 is 0 Å². The number of nitrogens with zero attached hydrogens (tertiary/aromatic N) is 3. The fourth-order valence-corrected chi connectivity index (χ4v) is 3.33. The van der Waals surface area contributed by atoms with Gasteiger partial charge in [-0.3, -0.25) is 0 Å². The highest BCUT2D eigenvalue weighted by Gasteiger charge is 2.41. The molecule has 112 valence electrons. The molecule has 2 aromatic heterocycles. The summed E-state index contributed by atoms with van der Waals surface area (Å²) in [5.74, 6) is 1.73. The molecule has 2 saturated heterocycles. The summed E-state index contributed by atoms with van der Waals surface area (Å²) in [6.45, 7) is 3.07. The summed E-state index contributed by atoms with van der Waals surface area (Å²) < 4.78 is 7.93. The van der Waals surface area contributed by atoms with Crippen molar-refractivity contribution >= 4 is 17.3 Å². The van der Waals surface area contributed by atoms with Crippen LogP contribution in [-0.4, -0.2) is 39.2 Å². The van der Waals surface area contributed by atoms with Crippen molar-refractivity contribution in [2.24, 2.45) is 0 Å². The zero-order valence-corrected chi connectivity index (χ0v) is 12.2. The van der Waals surface area contributed by atoms with Crippen molar-refractivity contribution in [3.8, 4) is 0 Å². The van der Waals surface area contributed by atoms with Gasteiger partial charge in [-0.1, -0.05) is 6.92 Å². The van der Waals surface area contributed by atoms with Crippen LogP contribution in [0.3, 0.4) is 0 Å². The first-order valence-corrected chi connectivity index (χ1v) is 7.83. The number of aromatic nitrogens is 3. The first kappa shape index (κ1) is 12.9. The minimum absolute atomic E-state index is 0.332. The smallest absolute Gasteiger partial charge is 0.180 e. The van der Waals surface area contributed by atoms with Gasteiger partial charge in [-0.25, -0.2) is 9.97 Å². The molecule has 2 fully saturated rings. The summed E-state index contributed by atoms with van der Waals surface area (Å²) in [6, 6.07) is 0.359. The van der Waals surface area contributed by atoms with Crippen LogP contribution in [0.1, 0.15) is 32.6 Å². The molecule has 2 aromatic rings. The van der Waals surface area contributed by atoms with Crippen molar-refractivity contribution in [3.05, 3.63) is 18.6 Å². The first-order chi connectivity index (χ1) is 10.3. The quantitative estimate of drug-likeness (QED) is 0.883. The van der Waals surface area contributed by atoms with E-state index >= 15 is 0 Å². The third-order valence-electron chi connectivity index (χ3n) is 4.36. The van der Waals surface area contributed by atoms with E-state index in [9.17, 15) is 0 Å². The third-order valence-corrected chi connectivity index (χ3v) is 4.36. The summed E-state index contributed by atoms with van der Waals surface area (Å²) in [5, 5.41) is 6.90. The maximum absolute atomic E-state index is 5.91. The van der Waals surface area contributed by atoms with Gasteiger partial charge in [0.1, 0.15) is 5.82 Å². The minimum Gasteiger partial charge on any atom is -0.373 e. The maximum Gasteiger partial charge on any atom is 0.180 e. The predicted octanol–water partition coefficient (Wildman–Crippen LogP) is 2.28. The van der Waals surface area contributed by atoms with Crippen LogP contribution >= 0.6 is 0 Å². The zero-order chi connectivity index (χ0) is 14.2. The van der Waals surface area contributed by atoms with Gasteiger partial charge < -0.3 is 19.8 Å². The van der Waals surface area contributed by atoms with Crippen molar-refractivity contribution < 1.29 is 4.74 Å². The van der Waals surface area contributed by atoms with E-state index in [1.165, 1.54) is 6.42 Å². The van der Waals surface area contributed by atoms with Crippen LogP contribution in [0.2, 0.25) is 0 Å². The molecule has 0 aliphatic carbocycles. The molecule has 4 heterocycles. The maximum atomic E-state index is 5.91. The Morgan fingerprint density at radius 3 is 3.14 bits per heavy atom. The number of fused-ring (bicyclic) bond motifs is 3. The Balaban J connectivity index is 1.61. The number of anilines is 2. The van der Waals surface area contributed by atoms with E-state index in [1.54, 1.807) is 0 Å². The van der Waals surface area contributed by atoms with Gasteiger partial charge in [0.25, 0.3) is 0 Å². The second-order valence-electron chi connectivity index (χ2n) is 5.92. The number of ether oxygens (including phenoxy) is 1. The molecule has 6 nitrogen and oxygen atoms in total. The highest BCUT2D eigenvalue weighted by Crippen LogP contribution is 2.36. The first-order valence-electron chi connectivity index (χ1n) is 7.83. The molecule has 3 atom stereocenters. The molecule has 4 rings (SSSR count). The Kier molecular flexibility index (Phi) is 3.18. The summed E-state index contributed by atoms with van der Waals surface area (Å²) in [7, 11) is 0. The van der Waals surface area contributed by atoms with Crippen molar-refractivity contribution in [1.82, 2.24) is 14.4 Å². The highest BCUT2D eigenvalue weighted by atomic mass is 16.5. The van der Waals surface area contributed by atoms with E-state index in [-0.39, 0.29) is 0 Å². The number of imidazole rings is 1. The van der Waals surface area contributed by atoms with Crippen LogP contribution in [0.5, 0.6) is 0 Å². The Morgan fingerprint density at radius 1 is 1.43 bits per heavy atom. The molecule has 2 bridgehead atoms. The summed E-state index contributed by atoms with van der Waals surface area (Å²) in [6.07, 6.45) is 11.0. The molecule has 0 aromatic carbocycles. The lowest BCUT2D eigenvalue weighted by atomic mass is 9.95. The molecule has 0 radical (unpaired) electrons. The third kappa shape index (κ3) is 2.33. The van der Waals surface area contributed by atoms with Crippen LogP contribution < -0.4 is 10.6 Å². The Bertz CT molecular complexity index is 640. The normalized spacial score (nSPS) is 27.4. The van der Waals surface area contributed by atoms with Gasteiger partial charge in [0.15, 0.2) is 11.5 Å². The second-order valence-corrected chi connectivity index (χ2v) is 5.92. The van der Waals surface area contributed by atoms with Crippen LogP contribution in [0.4, 0.5) is 11.6 Å². The molecule has 0 amide bonds. The number of hydrogen-bond acceptors (Lipinski definition) is 5. The van der Waals surface area contributed by atoms with Gasteiger partial charge in [0.05, 0.1) is 24.4 Å². The number of nitrogens with one attached hydrogen (secondary N) is 2. The summed E-state index contributed by atoms with van der Waals surface area (Å²) in [5.41, 5.74) is 0.875. The number of hydrogen-bond donors (Lipinski definition) is 2. The van der Waals surface area contributed by atoms with E-state index < -0.39 is 0 Å². The Hall–Kier alpha value is -1.82. The number of rotatable bonds is 5. The molecule has 21 heavy (non-hydrogen) atoms. The SMILES string of the molecule is CCCNc1cn2ccnc2c(NC2CC3CCC2O3)n1.